The Morgan fingerprint density at radius 1 is 1.41 bits per heavy atom. The fourth-order valence-corrected chi connectivity index (χ4v) is 1.80. The molecule has 0 unspecified atom stereocenters. The van der Waals surface area contributed by atoms with E-state index in [2.05, 4.69) is 11.5 Å². The Hall–Kier alpha value is -1.61. The topological polar surface area (TPSA) is 40.5 Å². The lowest BCUT2D eigenvalue weighted by atomic mass is 10.0. The Balaban J connectivity index is 2.63. The van der Waals surface area contributed by atoms with Gasteiger partial charge in [0.2, 0.25) is 0 Å². The highest BCUT2D eigenvalue weighted by Gasteiger charge is 2.09. The zero-order chi connectivity index (χ0) is 12.8. The first-order valence-corrected chi connectivity index (χ1v) is 5.65. The largest absolute Gasteiger partial charge is 0.478 e. The molecule has 92 valence electrons. The second kappa shape index (κ2) is 6.21. The van der Waals surface area contributed by atoms with E-state index in [1.54, 1.807) is 12.1 Å². The number of hydrogen-bond acceptors (Lipinski definition) is 2. The van der Waals surface area contributed by atoms with Crippen LogP contribution < -0.4 is 0 Å². The van der Waals surface area contributed by atoms with Gasteiger partial charge in [-0.3, -0.25) is 0 Å². The van der Waals surface area contributed by atoms with Gasteiger partial charge in [-0.15, -0.1) is 0 Å². The van der Waals surface area contributed by atoms with Crippen molar-refractivity contribution >= 4 is 5.97 Å². The number of carboxylic acid groups (broad SMARTS) is 1. The Bertz CT molecular complexity index is 412. The normalized spacial score (nSPS) is 10.5. The van der Waals surface area contributed by atoms with Gasteiger partial charge in [0.25, 0.3) is 0 Å². The molecule has 0 amide bonds. The predicted molar refractivity (Wildman–Crippen MR) is 69.4 cm³/mol. The van der Waals surface area contributed by atoms with Crippen LogP contribution >= 0.6 is 0 Å². The van der Waals surface area contributed by atoms with Crippen molar-refractivity contribution in [1.82, 2.24) is 4.90 Å². The predicted octanol–water partition coefficient (Wildman–Crippen LogP) is 2.44. The summed E-state index contributed by atoms with van der Waals surface area (Å²) in [5.74, 6) is -0.858. The van der Waals surface area contributed by atoms with Crippen molar-refractivity contribution in [3.63, 3.8) is 0 Å². The van der Waals surface area contributed by atoms with Gasteiger partial charge in [-0.2, -0.15) is 0 Å². The molecule has 0 aliphatic heterocycles. The lowest BCUT2D eigenvalue weighted by molar-refractivity contribution is 0.0695. The second-order valence-electron chi connectivity index (χ2n) is 4.41. The van der Waals surface area contributed by atoms with Crippen molar-refractivity contribution in [2.45, 2.75) is 13.3 Å². The highest BCUT2D eigenvalue weighted by molar-refractivity contribution is 5.89. The number of hydrogen-bond donors (Lipinski definition) is 1. The van der Waals surface area contributed by atoms with Crippen LogP contribution in [0.3, 0.4) is 0 Å². The third-order valence-corrected chi connectivity index (χ3v) is 2.55. The van der Waals surface area contributed by atoms with Gasteiger partial charge < -0.3 is 10.0 Å². The first-order chi connectivity index (χ1) is 8.00. The van der Waals surface area contributed by atoms with Gasteiger partial charge in [0.1, 0.15) is 0 Å². The molecule has 0 radical (unpaired) electrons. The Kier molecular flexibility index (Phi) is 4.91. The van der Waals surface area contributed by atoms with Gasteiger partial charge in [0, 0.05) is 13.1 Å². The quantitative estimate of drug-likeness (QED) is 0.767. The SMILES string of the molecule is C=C(C)CN(C)CCc1ccccc1C(=O)O. The van der Waals surface area contributed by atoms with Crippen molar-refractivity contribution in [3.05, 3.63) is 47.5 Å². The maximum atomic E-state index is 11.0. The minimum atomic E-state index is -0.858. The van der Waals surface area contributed by atoms with E-state index in [1.807, 2.05) is 26.1 Å². The van der Waals surface area contributed by atoms with E-state index in [4.69, 9.17) is 5.11 Å². The number of benzene rings is 1. The molecule has 1 aromatic carbocycles. The molecule has 0 spiro atoms. The van der Waals surface area contributed by atoms with Crippen LogP contribution in [0.2, 0.25) is 0 Å². The van der Waals surface area contributed by atoms with Crippen LogP contribution in [0.25, 0.3) is 0 Å². The zero-order valence-electron chi connectivity index (χ0n) is 10.4. The summed E-state index contributed by atoms with van der Waals surface area (Å²) in [5.41, 5.74) is 2.39. The summed E-state index contributed by atoms with van der Waals surface area (Å²) in [4.78, 5) is 13.2. The molecular weight excluding hydrogens is 214 g/mol. The number of carbonyl (C=O) groups is 1. The van der Waals surface area contributed by atoms with E-state index >= 15 is 0 Å². The van der Waals surface area contributed by atoms with E-state index in [-0.39, 0.29) is 0 Å². The minimum absolute atomic E-state index is 0.399. The van der Waals surface area contributed by atoms with Crippen LogP contribution in [0.5, 0.6) is 0 Å². The zero-order valence-corrected chi connectivity index (χ0v) is 10.4. The number of nitrogens with zero attached hydrogens (tertiary/aromatic N) is 1. The second-order valence-corrected chi connectivity index (χ2v) is 4.41. The van der Waals surface area contributed by atoms with Crippen molar-refractivity contribution in [2.24, 2.45) is 0 Å². The molecule has 1 rings (SSSR count). The monoisotopic (exact) mass is 233 g/mol. The highest BCUT2D eigenvalue weighted by atomic mass is 16.4. The third kappa shape index (κ3) is 4.41. The molecule has 0 saturated carbocycles. The Morgan fingerprint density at radius 3 is 2.65 bits per heavy atom. The van der Waals surface area contributed by atoms with E-state index in [9.17, 15) is 4.79 Å². The van der Waals surface area contributed by atoms with Crippen molar-refractivity contribution in [2.75, 3.05) is 20.1 Å². The van der Waals surface area contributed by atoms with Crippen LogP contribution in [0.15, 0.2) is 36.4 Å². The van der Waals surface area contributed by atoms with E-state index in [0.717, 1.165) is 30.6 Å². The standard InChI is InChI=1S/C14H19NO2/c1-11(2)10-15(3)9-8-12-6-4-5-7-13(12)14(16)17/h4-7H,1,8-10H2,2-3H3,(H,16,17). The fourth-order valence-electron chi connectivity index (χ4n) is 1.80. The van der Waals surface area contributed by atoms with E-state index in [0.29, 0.717) is 5.56 Å². The van der Waals surface area contributed by atoms with Crippen molar-refractivity contribution < 1.29 is 9.90 Å². The molecule has 1 N–H and O–H groups in total. The molecule has 1 aromatic rings. The van der Waals surface area contributed by atoms with Crippen molar-refractivity contribution in [1.29, 1.82) is 0 Å². The molecule has 0 aliphatic carbocycles. The number of aromatic carboxylic acids is 1. The summed E-state index contributed by atoms with van der Waals surface area (Å²) in [5, 5.41) is 9.05. The molecule has 0 heterocycles. The molecule has 3 nitrogen and oxygen atoms in total. The van der Waals surface area contributed by atoms with Crippen LogP contribution in [0, 0.1) is 0 Å². The molecule has 0 aliphatic rings. The molecule has 0 atom stereocenters. The average molecular weight is 233 g/mol. The molecule has 0 saturated heterocycles. The first-order valence-electron chi connectivity index (χ1n) is 5.65. The van der Waals surface area contributed by atoms with Gasteiger partial charge in [0.05, 0.1) is 5.56 Å². The maximum Gasteiger partial charge on any atom is 0.335 e. The summed E-state index contributed by atoms with van der Waals surface area (Å²) in [6.45, 7) is 7.52. The summed E-state index contributed by atoms with van der Waals surface area (Å²) in [6, 6.07) is 7.15. The number of rotatable bonds is 6. The van der Waals surface area contributed by atoms with E-state index in [1.165, 1.54) is 0 Å². The number of likely N-dealkylation sites (N-methyl/N-ethyl adjacent to an activating group) is 1. The summed E-state index contributed by atoms with van der Waals surface area (Å²) >= 11 is 0. The summed E-state index contributed by atoms with van der Waals surface area (Å²) in [6.07, 6.45) is 0.742. The lowest BCUT2D eigenvalue weighted by Crippen LogP contribution is -2.23. The lowest BCUT2D eigenvalue weighted by Gasteiger charge is -2.17. The molecule has 17 heavy (non-hydrogen) atoms. The molecule has 0 bridgehead atoms. The molecule has 3 heteroatoms. The summed E-state index contributed by atoms with van der Waals surface area (Å²) < 4.78 is 0. The van der Waals surface area contributed by atoms with Gasteiger partial charge in [0.15, 0.2) is 0 Å². The number of carboxylic acids is 1. The third-order valence-electron chi connectivity index (χ3n) is 2.55. The van der Waals surface area contributed by atoms with Crippen LogP contribution in [0.1, 0.15) is 22.8 Å². The van der Waals surface area contributed by atoms with Gasteiger partial charge in [-0.1, -0.05) is 30.4 Å². The summed E-state index contributed by atoms with van der Waals surface area (Å²) in [7, 11) is 2.01. The van der Waals surface area contributed by atoms with Crippen LogP contribution in [0.4, 0.5) is 0 Å². The smallest absolute Gasteiger partial charge is 0.335 e. The van der Waals surface area contributed by atoms with Crippen molar-refractivity contribution in [3.8, 4) is 0 Å². The minimum Gasteiger partial charge on any atom is -0.478 e. The maximum absolute atomic E-state index is 11.0. The Labute approximate surface area is 102 Å². The van der Waals surface area contributed by atoms with Crippen LogP contribution in [-0.2, 0) is 6.42 Å². The highest BCUT2D eigenvalue weighted by Crippen LogP contribution is 2.10. The van der Waals surface area contributed by atoms with Gasteiger partial charge in [-0.25, -0.2) is 4.79 Å². The first kappa shape index (κ1) is 13.5. The van der Waals surface area contributed by atoms with Gasteiger partial charge >= 0.3 is 5.97 Å². The van der Waals surface area contributed by atoms with Crippen LogP contribution in [-0.4, -0.2) is 36.1 Å². The molecular formula is C14H19NO2. The molecule has 0 aromatic heterocycles. The molecule has 0 fully saturated rings. The van der Waals surface area contributed by atoms with Gasteiger partial charge in [-0.05, 0) is 32.0 Å². The fraction of sp³-hybridized carbons (Fsp3) is 0.357. The van der Waals surface area contributed by atoms with E-state index < -0.39 is 5.97 Å². The average Bonchev–Trinajstić information content (AvgIpc) is 2.25. The Morgan fingerprint density at radius 2 is 2.06 bits per heavy atom.